The van der Waals surface area contributed by atoms with Crippen molar-refractivity contribution in [1.29, 1.82) is 0 Å². The highest BCUT2D eigenvalue weighted by Crippen LogP contribution is 2.17. The average Bonchev–Trinajstić information content (AvgIpc) is 2.88. The zero-order valence-corrected chi connectivity index (χ0v) is 12.9. The minimum atomic E-state index is -3.04. The van der Waals surface area contributed by atoms with Crippen molar-refractivity contribution >= 4 is 21.1 Å². The lowest BCUT2D eigenvalue weighted by molar-refractivity contribution is 0.290. The Morgan fingerprint density at radius 1 is 1.43 bits per heavy atom. The van der Waals surface area contributed by atoms with E-state index in [2.05, 4.69) is 21.4 Å². The molecule has 0 atom stereocenters. The number of aromatic amines is 1. The highest BCUT2D eigenvalue weighted by molar-refractivity contribution is 7.88. The predicted molar refractivity (Wildman–Crippen MR) is 82.4 cm³/mol. The molecule has 0 bridgehead atoms. The van der Waals surface area contributed by atoms with Gasteiger partial charge in [-0.2, -0.15) is 0 Å². The molecule has 1 aliphatic heterocycles. The maximum absolute atomic E-state index is 11.5. The maximum atomic E-state index is 11.5. The van der Waals surface area contributed by atoms with Crippen LogP contribution in [0.1, 0.15) is 18.4 Å². The summed E-state index contributed by atoms with van der Waals surface area (Å²) in [4.78, 5) is 7.44. The highest BCUT2D eigenvalue weighted by atomic mass is 32.2. The van der Waals surface area contributed by atoms with Crippen LogP contribution in [-0.2, 0) is 16.6 Å². The summed E-state index contributed by atoms with van der Waals surface area (Å²) < 4.78 is 24.5. The highest BCUT2D eigenvalue weighted by Gasteiger charge is 2.24. The van der Waals surface area contributed by atoms with Crippen molar-refractivity contribution in [2.75, 3.05) is 19.3 Å². The van der Waals surface area contributed by atoms with Crippen LogP contribution in [0.25, 0.3) is 11.0 Å². The number of rotatable bonds is 4. The van der Waals surface area contributed by atoms with E-state index >= 15 is 0 Å². The van der Waals surface area contributed by atoms with Crippen LogP contribution in [0.5, 0.6) is 0 Å². The van der Waals surface area contributed by atoms with Crippen LogP contribution in [0.15, 0.2) is 24.5 Å². The smallest absolute Gasteiger partial charge is 0.211 e. The van der Waals surface area contributed by atoms with Gasteiger partial charge in [0, 0.05) is 43.5 Å². The standard InChI is InChI=1S/C14H20N4O2S/c1-21(19,20)18-7-4-12(5-8-18)16-9-11-10-17-14-13(11)3-2-6-15-14/h2-3,6,10,12,16H,4-5,7-9H2,1H3,(H,15,17). The van der Waals surface area contributed by atoms with Crippen LogP contribution >= 0.6 is 0 Å². The normalized spacial score (nSPS) is 18.3. The third-order valence-electron chi connectivity index (χ3n) is 4.04. The second-order valence-corrected chi connectivity index (χ2v) is 7.51. The Morgan fingerprint density at radius 2 is 2.19 bits per heavy atom. The van der Waals surface area contributed by atoms with Crippen molar-refractivity contribution in [2.45, 2.75) is 25.4 Å². The van der Waals surface area contributed by atoms with Crippen molar-refractivity contribution in [2.24, 2.45) is 0 Å². The molecule has 1 aliphatic rings. The Hall–Kier alpha value is -1.44. The third-order valence-corrected chi connectivity index (χ3v) is 5.34. The van der Waals surface area contributed by atoms with Gasteiger partial charge in [-0.05, 0) is 30.5 Å². The lowest BCUT2D eigenvalue weighted by Crippen LogP contribution is -2.44. The molecule has 114 valence electrons. The van der Waals surface area contributed by atoms with Crippen LogP contribution in [0.3, 0.4) is 0 Å². The van der Waals surface area contributed by atoms with E-state index in [1.54, 1.807) is 10.5 Å². The van der Waals surface area contributed by atoms with Crippen molar-refractivity contribution in [3.8, 4) is 0 Å². The zero-order valence-electron chi connectivity index (χ0n) is 12.0. The fourth-order valence-electron chi connectivity index (χ4n) is 2.80. The first-order chi connectivity index (χ1) is 10.0. The monoisotopic (exact) mass is 308 g/mol. The SMILES string of the molecule is CS(=O)(=O)N1CCC(NCc2c[nH]c3ncccc23)CC1. The fraction of sp³-hybridized carbons (Fsp3) is 0.500. The third kappa shape index (κ3) is 3.25. The van der Waals surface area contributed by atoms with Gasteiger partial charge in [0.15, 0.2) is 0 Å². The number of piperidine rings is 1. The molecule has 0 spiro atoms. The lowest BCUT2D eigenvalue weighted by Gasteiger charge is -2.30. The molecular weight excluding hydrogens is 288 g/mol. The summed E-state index contributed by atoms with van der Waals surface area (Å²) in [6, 6.07) is 4.36. The van der Waals surface area contributed by atoms with Gasteiger partial charge in [-0.1, -0.05) is 0 Å². The molecule has 1 fully saturated rings. The maximum Gasteiger partial charge on any atom is 0.211 e. The molecule has 2 aromatic rings. The Labute approximate surface area is 124 Å². The number of pyridine rings is 1. The minimum Gasteiger partial charge on any atom is -0.346 e. The van der Waals surface area contributed by atoms with E-state index in [1.165, 1.54) is 11.8 Å². The number of fused-ring (bicyclic) bond motifs is 1. The molecule has 0 aromatic carbocycles. The van der Waals surface area contributed by atoms with E-state index in [4.69, 9.17) is 0 Å². The number of H-pyrrole nitrogens is 1. The first kappa shape index (κ1) is 14.5. The second-order valence-electron chi connectivity index (χ2n) is 5.53. The molecule has 0 radical (unpaired) electrons. The largest absolute Gasteiger partial charge is 0.346 e. The van der Waals surface area contributed by atoms with Gasteiger partial charge >= 0.3 is 0 Å². The number of aromatic nitrogens is 2. The summed E-state index contributed by atoms with van der Waals surface area (Å²) in [6.07, 6.45) is 6.74. The molecule has 0 saturated carbocycles. The first-order valence-electron chi connectivity index (χ1n) is 7.13. The van der Waals surface area contributed by atoms with Crippen LogP contribution in [0, 0.1) is 0 Å². The molecule has 7 heteroatoms. The molecule has 3 heterocycles. The van der Waals surface area contributed by atoms with Gasteiger partial charge in [0.05, 0.1) is 6.26 Å². The quantitative estimate of drug-likeness (QED) is 0.886. The van der Waals surface area contributed by atoms with Crippen molar-refractivity contribution in [1.82, 2.24) is 19.6 Å². The van der Waals surface area contributed by atoms with Gasteiger partial charge in [0.1, 0.15) is 5.65 Å². The van der Waals surface area contributed by atoms with Gasteiger partial charge in [-0.25, -0.2) is 17.7 Å². The van der Waals surface area contributed by atoms with E-state index in [1.807, 2.05) is 12.3 Å². The number of nitrogens with one attached hydrogen (secondary N) is 2. The number of hydrogen-bond acceptors (Lipinski definition) is 4. The summed E-state index contributed by atoms with van der Waals surface area (Å²) >= 11 is 0. The summed E-state index contributed by atoms with van der Waals surface area (Å²) in [5.41, 5.74) is 2.10. The molecule has 1 saturated heterocycles. The zero-order chi connectivity index (χ0) is 14.9. The summed E-state index contributed by atoms with van der Waals surface area (Å²) in [6.45, 7) is 1.98. The molecule has 0 amide bonds. The van der Waals surface area contributed by atoms with Gasteiger partial charge in [0.2, 0.25) is 10.0 Å². The Balaban J connectivity index is 1.57. The van der Waals surface area contributed by atoms with Crippen LogP contribution < -0.4 is 5.32 Å². The van der Waals surface area contributed by atoms with Gasteiger partial charge in [0.25, 0.3) is 0 Å². The van der Waals surface area contributed by atoms with E-state index in [0.29, 0.717) is 19.1 Å². The fourth-order valence-corrected chi connectivity index (χ4v) is 3.68. The van der Waals surface area contributed by atoms with Crippen molar-refractivity contribution < 1.29 is 8.42 Å². The Kier molecular flexibility index (Phi) is 3.97. The average molecular weight is 308 g/mol. The van der Waals surface area contributed by atoms with Gasteiger partial charge in [-0.3, -0.25) is 0 Å². The first-order valence-corrected chi connectivity index (χ1v) is 8.98. The summed E-state index contributed by atoms with van der Waals surface area (Å²) in [5, 5.41) is 4.66. The van der Waals surface area contributed by atoms with Gasteiger partial charge < -0.3 is 10.3 Å². The second kappa shape index (κ2) is 5.75. The van der Waals surface area contributed by atoms with E-state index in [-0.39, 0.29) is 0 Å². The number of sulfonamides is 1. The molecule has 2 N–H and O–H groups in total. The Morgan fingerprint density at radius 3 is 2.90 bits per heavy atom. The topological polar surface area (TPSA) is 78.1 Å². The van der Waals surface area contributed by atoms with Crippen molar-refractivity contribution in [3.05, 3.63) is 30.1 Å². The van der Waals surface area contributed by atoms with Crippen LogP contribution in [-0.4, -0.2) is 48.1 Å². The molecule has 0 unspecified atom stereocenters. The van der Waals surface area contributed by atoms with E-state index in [0.717, 1.165) is 30.4 Å². The van der Waals surface area contributed by atoms with Crippen LogP contribution in [0.2, 0.25) is 0 Å². The Bertz CT molecular complexity index is 717. The van der Waals surface area contributed by atoms with E-state index in [9.17, 15) is 8.42 Å². The van der Waals surface area contributed by atoms with Gasteiger partial charge in [-0.15, -0.1) is 0 Å². The summed E-state index contributed by atoms with van der Waals surface area (Å²) in [7, 11) is -3.04. The molecular formula is C14H20N4O2S. The van der Waals surface area contributed by atoms with Crippen LogP contribution in [0.4, 0.5) is 0 Å². The molecule has 0 aliphatic carbocycles. The molecule has 6 nitrogen and oxygen atoms in total. The van der Waals surface area contributed by atoms with E-state index < -0.39 is 10.0 Å². The number of hydrogen-bond donors (Lipinski definition) is 2. The summed E-state index contributed by atoms with van der Waals surface area (Å²) in [5.74, 6) is 0. The predicted octanol–water partition coefficient (Wildman–Crippen LogP) is 1.08. The molecule has 3 rings (SSSR count). The molecule has 2 aromatic heterocycles. The lowest BCUT2D eigenvalue weighted by atomic mass is 10.1. The number of nitrogens with zero attached hydrogens (tertiary/aromatic N) is 2. The minimum absolute atomic E-state index is 0.365. The van der Waals surface area contributed by atoms with Crippen molar-refractivity contribution in [3.63, 3.8) is 0 Å². The molecule has 21 heavy (non-hydrogen) atoms.